The zero-order valence-electron chi connectivity index (χ0n) is 14.6. The minimum atomic E-state index is -0.299. The van der Waals surface area contributed by atoms with Crippen LogP contribution < -0.4 is 5.73 Å². The number of rotatable bonds is 4. The van der Waals surface area contributed by atoms with E-state index in [2.05, 4.69) is 32.0 Å². The minimum Gasteiger partial charge on any atom is -0.369 e. The number of aryl methyl sites for hydroxylation is 2. The van der Waals surface area contributed by atoms with E-state index < -0.39 is 0 Å². The Morgan fingerprint density at radius 2 is 1.92 bits per heavy atom. The highest BCUT2D eigenvalue weighted by atomic mass is 16.2. The Morgan fingerprint density at radius 3 is 2.62 bits per heavy atom. The highest BCUT2D eigenvalue weighted by Crippen LogP contribution is 2.48. The number of carbonyl (C=O) groups excluding carboxylic acids is 2. The van der Waals surface area contributed by atoms with E-state index in [0.29, 0.717) is 12.5 Å². The van der Waals surface area contributed by atoms with Crippen LogP contribution in [0.3, 0.4) is 0 Å². The summed E-state index contributed by atoms with van der Waals surface area (Å²) >= 11 is 0. The summed E-state index contributed by atoms with van der Waals surface area (Å²) in [6, 6.07) is 6.54. The lowest BCUT2D eigenvalue weighted by Gasteiger charge is -2.21. The van der Waals surface area contributed by atoms with E-state index in [9.17, 15) is 9.59 Å². The fourth-order valence-corrected chi connectivity index (χ4v) is 3.64. The van der Waals surface area contributed by atoms with Gasteiger partial charge < -0.3 is 10.6 Å². The van der Waals surface area contributed by atoms with Gasteiger partial charge in [0.25, 0.3) is 0 Å². The lowest BCUT2D eigenvalue weighted by atomic mass is 10.0. The second-order valence-electron chi connectivity index (χ2n) is 7.21. The first-order valence-corrected chi connectivity index (χ1v) is 8.82. The molecule has 1 saturated heterocycles. The fourth-order valence-electron chi connectivity index (χ4n) is 3.64. The van der Waals surface area contributed by atoms with Crippen LogP contribution in [0.4, 0.5) is 0 Å². The van der Waals surface area contributed by atoms with Crippen LogP contribution in [0.5, 0.6) is 0 Å². The van der Waals surface area contributed by atoms with Crippen molar-refractivity contribution in [3.8, 4) is 0 Å². The molecular weight excluding hydrogens is 302 g/mol. The molecule has 0 radical (unpaired) electrons. The maximum absolute atomic E-state index is 12.8. The number of hydrogen-bond acceptors (Lipinski definition) is 3. The number of primary amides is 1. The van der Waals surface area contributed by atoms with E-state index in [-0.39, 0.29) is 24.3 Å². The van der Waals surface area contributed by atoms with Crippen LogP contribution in [0.1, 0.15) is 35.4 Å². The number of amides is 2. The lowest BCUT2D eigenvalue weighted by molar-refractivity contribution is -0.132. The molecule has 1 heterocycles. The van der Waals surface area contributed by atoms with Crippen LogP contribution in [0.2, 0.25) is 0 Å². The topological polar surface area (TPSA) is 66.6 Å². The van der Waals surface area contributed by atoms with Crippen LogP contribution in [0.25, 0.3) is 0 Å². The third-order valence-corrected chi connectivity index (χ3v) is 5.35. The third kappa shape index (κ3) is 3.78. The average molecular weight is 329 g/mol. The normalized spacial score (nSPS) is 24.5. The maximum Gasteiger partial charge on any atom is 0.231 e. The molecule has 2 atom stereocenters. The lowest BCUT2D eigenvalue weighted by Crippen LogP contribution is -2.38. The summed E-state index contributed by atoms with van der Waals surface area (Å²) in [7, 11) is 0. The largest absolute Gasteiger partial charge is 0.369 e. The van der Waals surface area contributed by atoms with Crippen molar-refractivity contribution in [2.45, 2.75) is 32.6 Å². The zero-order valence-corrected chi connectivity index (χ0v) is 14.6. The van der Waals surface area contributed by atoms with Crippen LogP contribution in [-0.2, 0) is 9.59 Å². The van der Waals surface area contributed by atoms with Crippen molar-refractivity contribution < 1.29 is 9.59 Å². The van der Waals surface area contributed by atoms with Crippen molar-refractivity contribution in [2.24, 2.45) is 11.7 Å². The monoisotopic (exact) mass is 329 g/mol. The minimum absolute atomic E-state index is 0.134. The molecule has 5 nitrogen and oxygen atoms in total. The van der Waals surface area contributed by atoms with Gasteiger partial charge in [-0.2, -0.15) is 0 Å². The fraction of sp³-hybridized carbons (Fsp3) is 0.579. The second-order valence-corrected chi connectivity index (χ2v) is 7.21. The van der Waals surface area contributed by atoms with Gasteiger partial charge in [-0.1, -0.05) is 18.2 Å². The summed E-state index contributed by atoms with van der Waals surface area (Å²) < 4.78 is 0. The van der Waals surface area contributed by atoms with E-state index in [1.54, 1.807) is 0 Å². The average Bonchev–Trinajstić information content (AvgIpc) is 3.33. The number of carbonyl (C=O) groups is 2. The highest BCUT2D eigenvalue weighted by molar-refractivity contribution is 5.83. The van der Waals surface area contributed by atoms with Crippen LogP contribution in [0.15, 0.2) is 18.2 Å². The zero-order chi connectivity index (χ0) is 17.3. The molecule has 5 heteroatoms. The van der Waals surface area contributed by atoms with Crippen LogP contribution >= 0.6 is 0 Å². The molecule has 1 aliphatic heterocycles. The molecule has 2 N–H and O–H groups in total. The molecule has 24 heavy (non-hydrogen) atoms. The molecule has 2 fully saturated rings. The second kappa shape index (κ2) is 6.93. The summed E-state index contributed by atoms with van der Waals surface area (Å²) in [5, 5.41) is 0. The summed E-state index contributed by atoms with van der Waals surface area (Å²) in [5.74, 6) is 0.488. The molecule has 0 aromatic heterocycles. The molecule has 2 amide bonds. The summed E-state index contributed by atoms with van der Waals surface area (Å²) in [4.78, 5) is 27.9. The Morgan fingerprint density at radius 1 is 1.12 bits per heavy atom. The van der Waals surface area contributed by atoms with E-state index in [0.717, 1.165) is 32.5 Å². The van der Waals surface area contributed by atoms with Crippen LogP contribution in [0, 0.1) is 19.8 Å². The van der Waals surface area contributed by atoms with E-state index in [1.807, 2.05) is 9.80 Å². The molecule has 0 bridgehead atoms. The van der Waals surface area contributed by atoms with Crippen molar-refractivity contribution in [3.05, 3.63) is 34.9 Å². The quantitative estimate of drug-likeness (QED) is 0.909. The molecule has 3 rings (SSSR count). The SMILES string of the molecule is Cc1ccc([C@H]2C[C@H]2C(=O)N2CCCN(CC(N)=O)CC2)cc1C. The van der Waals surface area contributed by atoms with E-state index >= 15 is 0 Å². The van der Waals surface area contributed by atoms with Gasteiger partial charge in [0.15, 0.2) is 0 Å². The third-order valence-electron chi connectivity index (χ3n) is 5.35. The van der Waals surface area contributed by atoms with Gasteiger partial charge in [-0.05, 0) is 49.3 Å². The van der Waals surface area contributed by atoms with Crippen molar-refractivity contribution in [2.75, 3.05) is 32.7 Å². The van der Waals surface area contributed by atoms with Gasteiger partial charge in [0.2, 0.25) is 11.8 Å². The van der Waals surface area contributed by atoms with E-state index in [1.165, 1.54) is 16.7 Å². The maximum atomic E-state index is 12.8. The summed E-state index contributed by atoms with van der Waals surface area (Å²) in [6.07, 6.45) is 1.86. The molecule has 1 aliphatic carbocycles. The summed E-state index contributed by atoms with van der Waals surface area (Å²) in [6.45, 7) is 7.57. The standard InChI is InChI=1S/C19H27N3O2/c1-13-4-5-15(10-14(13)2)16-11-17(16)19(24)22-7-3-6-21(8-9-22)12-18(20)23/h4-5,10,16-17H,3,6-9,11-12H2,1-2H3,(H2,20,23)/t16-,17-/m1/s1. The molecular formula is C19H27N3O2. The van der Waals surface area contributed by atoms with Crippen molar-refractivity contribution in [1.29, 1.82) is 0 Å². The molecule has 1 aromatic rings. The Hall–Kier alpha value is -1.88. The first-order chi connectivity index (χ1) is 11.5. The number of nitrogens with zero attached hydrogens (tertiary/aromatic N) is 2. The van der Waals surface area contributed by atoms with Crippen molar-refractivity contribution >= 4 is 11.8 Å². The van der Waals surface area contributed by atoms with Gasteiger partial charge in [0.1, 0.15) is 0 Å². The van der Waals surface area contributed by atoms with Gasteiger partial charge in [-0.15, -0.1) is 0 Å². The number of hydrogen-bond donors (Lipinski definition) is 1. The summed E-state index contributed by atoms with van der Waals surface area (Å²) in [5.41, 5.74) is 9.15. The van der Waals surface area contributed by atoms with Crippen LogP contribution in [-0.4, -0.2) is 54.3 Å². The molecule has 0 unspecified atom stereocenters. The molecule has 2 aliphatic rings. The van der Waals surface area contributed by atoms with Gasteiger partial charge in [0.05, 0.1) is 6.54 Å². The first-order valence-electron chi connectivity index (χ1n) is 8.82. The number of nitrogens with two attached hydrogens (primary N) is 1. The molecule has 1 aromatic carbocycles. The highest BCUT2D eigenvalue weighted by Gasteiger charge is 2.45. The van der Waals surface area contributed by atoms with Crippen molar-refractivity contribution in [3.63, 3.8) is 0 Å². The Kier molecular flexibility index (Phi) is 4.90. The Balaban J connectivity index is 1.57. The van der Waals surface area contributed by atoms with Gasteiger partial charge in [-0.3, -0.25) is 14.5 Å². The molecule has 130 valence electrons. The Labute approximate surface area is 143 Å². The van der Waals surface area contributed by atoms with Gasteiger partial charge >= 0.3 is 0 Å². The van der Waals surface area contributed by atoms with Crippen molar-refractivity contribution in [1.82, 2.24) is 9.80 Å². The molecule has 0 spiro atoms. The predicted molar refractivity (Wildman–Crippen MR) is 93.6 cm³/mol. The molecule has 1 saturated carbocycles. The smallest absolute Gasteiger partial charge is 0.231 e. The predicted octanol–water partition coefficient (Wildman–Crippen LogP) is 1.43. The number of benzene rings is 1. The Bertz CT molecular complexity index is 643. The van der Waals surface area contributed by atoms with Gasteiger partial charge in [0, 0.05) is 32.1 Å². The first kappa shape index (κ1) is 17.0. The van der Waals surface area contributed by atoms with E-state index in [4.69, 9.17) is 5.73 Å². The van der Waals surface area contributed by atoms with Gasteiger partial charge in [-0.25, -0.2) is 0 Å².